The van der Waals surface area contributed by atoms with Crippen LogP contribution < -0.4 is 4.72 Å². The summed E-state index contributed by atoms with van der Waals surface area (Å²) in [4.78, 5) is 0.0102. The predicted octanol–water partition coefficient (Wildman–Crippen LogP) is 4.89. The zero-order chi connectivity index (χ0) is 23.3. The van der Waals surface area contributed by atoms with Gasteiger partial charge in [0.15, 0.2) is 11.0 Å². The first-order valence-corrected chi connectivity index (χ1v) is 13.7. The molecule has 1 heterocycles. The van der Waals surface area contributed by atoms with Gasteiger partial charge in [0.25, 0.3) is 0 Å². The van der Waals surface area contributed by atoms with Gasteiger partial charge in [-0.15, -0.1) is 10.2 Å². The van der Waals surface area contributed by atoms with E-state index in [2.05, 4.69) is 14.9 Å². The van der Waals surface area contributed by atoms with Crippen LogP contribution >= 0.6 is 11.8 Å². The number of rotatable bonds is 9. The number of nitrogens with one attached hydrogen (secondary N) is 1. The van der Waals surface area contributed by atoms with Crippen LogP contribution in [0.4, 0.5) is 4.39 Å². The summed E-state index contributed by atoms with van der Waals surface area (Å²) < 4.78 is 44.1. The van der Waals surface area contributed by atoms with Crippen molar-refractivity contribution in [3.63, 3.8) is 0 Å². The molecule has 6 nitrogen and oxygen atoms in total. The lowest BCUT2D eigenvalue weighted by molar-refractivity contribution is 0.390. The predicted molar refractivity (Wildman–Crippen MR) is 128 cm³/mol. The summed E-state index contributed by atoms with van der Waals surface area (Å²) in [5.41, 5.74) is 0.976. The molecule has 33 heavy (non-hydrogen) atoms. The topological polar surface area (TPSA) is 76.9 Å². The zero-order valence-electron chi connectivity index (χ0n) is 18.7. The summed E-state index contributed by atoms with van der Waals surface area (Å²) in [6.07, 6.45) is 6.84. The van der Waals surface area contributed by atoms with Crippen molar-refractivity contribution < 1.29 is 12.8 Å². The lowest BCUT2D eigenvalue weighted by Gasteiger charge is -2.21. The molecule has 9 heteroatoms. The summed E-state index contributed by atoms with van der Waals surface area (Å²) in [6.45, 7) is 0. The van der Waals surface area contributed by atoms with Crippen LogP contribution in [0.5, 0.6) is 0 Å². The first-order chi connectivity index (χ1) is 15.9. The molecule has 4 rings (SSSR count). The van der Waals surface area contributed by atoms with Crippen molar-refractivity contribution in [2.24, 2.45) is 13.0 Å². The van der Waals surface area contributed by atoms with E-state index in [-0.39, 0.29) is 4.90 Å². The summed E-state index contributed by atoms with van der Waals surface area (Å²) in [5.74, 6) is 1.76. The van der Waals surface area contributed by atoms with Crippen LogP contribution in [0.25, 0.3) is 0 Å². The van der Waals surface area contributed by atoms with E-state index in [1.165, 1.54) is 44.2 Å². The Kier molecular flexibility index (Phi) is 7.82. The molecule has 0 bridgehead atoms. The van der Waals surface area contributed by atoms with Crippen molar-refractivity contribution in [3.05, 3.63) is 71.8 Å². The number of halogens is 1. The molecule has 2 aromatic carbocycles. The van der Waals surface area contributed by atoms with Gasteiger partial charge in [-0.2, -0.15) is 0 Å². The van der Waals surface area contributed by atoms with E-state index in [0.717, 1.165) is 28.6 Å². The van der Waals surface area contributed by atoms with E-state index < -0.39 is 21.9 Å². The maximum absolute atomic E-state index is 13.3. The van der Waals surface area contributed by atoms with E-state index in [1.54, 1.807) is 11.8 Å². The van der Waals surface area contributed by atoms with Gasteiger partial charge in [-0.25, -0.2) is 17.5 Å². The summed E-state index contributed by atoms with van der Waals surface area (Å²) >= 11 is 1.68. The lowest BCUT2D eigenvalue weighted by Crippen LogP contribution is -2.32. The van der Waals surface area contributed by atoms with Crippen molar-refractivity contribution >= 4 is 21.8 Å². The highest BCUT2D eigenvalue weighted by atomic mass is 32.2. The smallest absolute Gasteiger partial charge is 0.241 e. The average Bonchev–Trinajstić information content (AvgIpc) is 3.19. The molecule has 0 aliphatic heterocycles. The second-order valence-corrected chi connectivity index (χ2v) is 11.2. The number of benzene rings is 2. The van der Waals surface area contributed by atoms with Crippen LogP contribution in [0, 0.1) is 11.7 Å². The van der Waals surface area contributed by atoms with Crippen molar-refractivity contribution in [2.75, 3.05) is 5.75 Å². The monoisotopic (exact) mass is 488 g/mol. The van der Waals surface area contributed by atoms with E-state index >= 15 is 0 Å². The molecule has 1 fully saturated rings. The molecule has 0 radical (unpaired) electrons. The van der Waals surface area contributed by atoms with Crippen LogP contribution in [-0.4, -0.2) is 28.9 Å². The summed E-state index contributed by atoms with van der Waals surface area (Å²) in [7, 11) is -2.01. The number of hydrogen-bond acceptors (Lipinski definition) is 5. The Bertz CT molecular complexity index is 1140. The molecule has 1 N–H and O–H groups in total. The molecule has 1 aliphatic rings. The molecule has 1 aliphatic carbocycles. The summed E-state index contributed by atoms with van der Waals surface area (Å²) in [5, 5.41) is 9.53. The third-order valence-corrected chi connectivity index (χ3v) is 8.80. The second kappa shape index (κ2) is 10.8. The van der Waals surface area contributed by atoms with Crippen molar-refractivity contribution in [1.29, 1.82) is 0 Å². The van der Waals surface area contributed by atoms with E-state index in [4.69, 9.17) is 0 Å². The van der Waals surface area contributed by atoms with Crippen LogP contribution in [0.2, 0.25) is 0 Å². The fourth-order valence-electron chi connectivity index (χ4n) is 4.21. The van der Waals surface area contributed by atoms with Gasteiger partial charge in [0.05, 0.1) is 10.9 Å². The highest BCUT2D eigenvalue weighted by Gasteiger charge is 2.27. The Hall–Kier alpha value is -2.23. The first kappa shape index (κ1) is 23.9. The number of sulfonamides is 1. The van der Waals surface area contributed by atoms with Crippen LogP contribution in [-0.2, 0) is 23.5 Å². The molecule has 1 saturated carbocycles. The Morgan fingerprint density at radius 2 is 1.76 bits per heavy atom. The zero-order valence-corrected chi connectivity index (χ0v) is 20.3. The van der Waals surface area contributed by atoms with E-state index in [1.807, 2.05) is 41.9 Å². The lowest BCUT2D eigenvalue weighted by atomic mass is 9.91. The van der Waals surface area contributed by atoms with Crippen LogP contribution in [0.3, 0.4) is 0 Å². The quantitative estimate of drug-likeness (QED) is 0.434. The number of hydrogen-bond donors (Lipinski definition) is 1. The Balaban J connectivity index is 1.57. The highest BCUT2D eigenvalue weighted by Crippen LogP contribution is 2.30. The molecule has 176 valence electrons. The Labute approximate surface area is 199 Å². The third-order valence-electron chi connectivity index (χ3n) is 6.06. The summed E-state index contributed by atoms with van der Waals surface area (Å²) in [6, 6.07) is 13.9. The molecular formula is C24H29FN4O2S2. The molecule has 1 aromatic heterocycles. The number of aromatic nitrogens is 3. The largest absolute Gasteiger partial charge is 0.308 e. The maximum atomic E-state index is 13.3. The third kappa shape index (κ3) is 6.22. The Morgan fingerprint density at radius 1 is 1.06 bits per heavy atom. The average molecular weight is 489 g/mol. The van der Waals surface area contributed by atoms with E-state index in [0.29, 0.717) is 18.2 Å². The van der Waals surface area contributed by atoms with Gasteiger partial charge in [-0.05, 0) is 55.0 Å². The molecule has 0 unspecified atom stereocenters. The molecule has 0 amide bonds. The van der Waals surface area contributed by atoms with Crippen molar-refractivity contribution in [1.82, 2.24) is 19.5 Å². The van der Waals surface area contributed by atoms with Crippen LogP contribution in [0.15, 0.2) is 64.6 Å². The van der Waals surface area contributed by atoms with Crippen molar-refractivity contribution in [3.8, 4) is 0 Å². The second-order valence-electron chi connectivity index (χ2n) is 8.53. The Morgan fingerprint density at radius 3 is 2.45 bits per heavy atom. The minimum absolute atomic E-state index is 0.0102. The van der Waals surface area contributed by atoms with E-state index in [9.17, 15) is 12.8 Å². The molecule has 0 saturated heterocycles. The maximum Gasteiger partial charge on any atom is 0.241 e. The van der Waals surface area contributed by atoms with Gasteiger partial charge in [0, 0.05) is 12.8 Å². The van der Waals surface area contributed by atoms with Gasteiger partial charge in [-0.1, -0.05) is 61.4 Å². The normalized spacial score (nSPS) is 16.1. The van der Waals surface area contributed by atoms with Gasteiger partial charge < -0.3 is 4.57 Å². The minimum Gasteiger partial charge on any atom is -0.308 e. The SMILES string of the molecule is Cn1c(SCC2CCCCC2)nnc1[C@@H](Cc1ccccc1)NS(=O)(=O)c1ccc(F)cc1. The molecule has 3 aromatic rings. The number of thioether (sulfide) groups is 1. The van der Waals surface area contributed by atoms with Gasteiger partial charge in [-0.3, -0.25) is 0 Å². The van der Waals surface area contributed by atoms with Crippen LogP contribution in [0.1, 0.15) is 49.5 Å². The fraction of sp³-hybridized carbons (Fsp3) is 0.417. The van der Waals surface area contributed by atoms with Gasteiger partial charge in [0.1, 0.15) is 5.82 Å². The first-order valence-electron chi connectivity index (χ1n) is 11.3. The molecule has 0 spiro atoms. The molecular weight excluding hydrogens is 459 g/mol. The van der Waals surface area contributed by atoms with Gasteiger partial charge >= 0.3 is 0 Å². The highest BCUT2D eigenvalue weighted by molar-refractivity contribution is 7.99. The van der Waals surface area contributed by atoms with Crippen molar-refractivity contribution in [2.45, 2.75) is 54.6 Å². The van der Waals surface area contributed by atoms with Gasteiger partial charge in [0.2, 0.25) is 10.0 Å². The standard InChI is InChI=1S/C24H29FN4O2S2/c1-29-23(26-27-24(29)32-17-19-10-6-3-7-11-19)22(16-18-8-4-2-5-9-18)28-33(30,31)21-14-12-20(25)13-15-21/h2,4-5,8-9,12-15,19,22,28H,3,6-7,10-11,16-17H2,1H3/t22-/m1/s1. The molecule has 1 atom stereocenters. The fourth-order valence-corrected chi connectivity index (χ4v) is 6.50. The minimum atomic E-state index is -3.89. The number of nitrogens with zero attached hydrogens (tertiary/aromatic N) is 3.